The molecule has 94 valence electrons. The second-order valence-corrected chi connectivity index (χ2v) is 5.51. The van der Waals surface area contributed by atoms with E-state index in [1.807, 2.05) is 25.3 Å². The summed E-state index contributed by atoms with van der Waals surface area (Å²) in [6.45, 7) is 2.00. The van der Waals surface area contributed by atoms with Crippen LogP contribution in [-0.4, -0.2) is 10.8 Å². The highest BCUT2D eigenvalue weighted by Gasteiger charge is 2.05. The smallest absolute Gasteiger partial charge is 0.138 e. The lowest BCUT2D eigenvalue weighted by Crippen LogP contribution is -2.04. The summed E-state index contributed by atoms with van der Waals surface area (Å²) in [5, 5.41) is 2.08. The van der Waals surface area contributed by atoms with E-state index in [9.17, 15) is 4.79 Å². The quantitative estimate of drug-likeness (QED) is 0.793. The zero-order chi connectivity index (χ0) is 12.8. The maximum absolute atomic E-state index is 11.8. The second kappa shape index (κ2) is 6.45. The third kappa shape index (κ3) is 4.08. The minimum atomic E-state index is 0.280. The average Bonchev–Trinajstić information content (AvgIpc) is 2.85. The maximum atomic E-state index is 11.8. The van der Waals surface area contributed by atoms with Crippen LogP contribution in [-0.2, 0) is 17.6 Å². The lowest BCUT2D eigenvalue weighted by atomic mass is 10.1. The first kappa shape index (κ1) is 13.0. The van der Waals surface area contributed by atoms with Crippen molar-refractivity contribution in [3.05, 3.63) is 52.0 Å². The van der Waals surface area contributed by atoms with Gasteiger partial charge in [-0.15, -0.1) is 11.3 Å². The molecule has 0 unspecified atom stereocenters. The van der Waals surface area contributed by atoms with E-state index in [2.05, 4.69) is 22.5 Å². The lowest BCUT2D eigenvalue weighted by Gasteiger charge is -2.01. The maximum Gasteiger partial charge on any atom is 0.138 e. The molecule has 3 heteroatoms. The molecule has 0 N–H and O–H groups in total. The molecule has 2 aromatic rings. The molecule has 0 spiro atoms. The molecule has 2 nitrogen and oxygen atoms in total. The molecular weight excluding hydrogens is 242 g/mol. The second-order valence-electron chi connectivity index (χ2n) is 4.48. The number of ketones is 1. The summed E-state index contributed by atoms with van der Waals surface area (Å²) in [5.41, 5.74) is 2.01. The Morgan fingerprint density at radius 1 is 1.33 bits per heavy atom. The molecule has 2 aromatic heterocycles. The van der Waals surface area contributed by atoms with Gasteiger partial charge in [-0.25, -0.2) is 0 Å². The van der Waals surface area contributed by atoms with Crippen LogP contribution in [0, 0.1) is 6.92 Å². The monoisotopic (exact) mass is 259 g/mol. The highest BCUT2D eigenvalue weighted by molar-refractivity contribution is 7.09. The fourth-order valence-corrected chi connectivity index (χ4v) is 2.56. The molecule has 2 rings (SSSR count). The molecule has 0 saturated heterocycles. The Hall–Kier alpha value is -1.48. The van der Waals surface area contributed by atoms with Gasteiger partial charge in [-0.1, -0.05) is 12.1 Å². The van der Waals surface area contributed by atoms with Crippen molar-refractivity contribution in [1.82, 2.24) is 4.98 Å². The zero-order valence-corrected chi connectivity index (χ0v) is 11.4. The summed E-state index contributed by atoms with van der Waals surface area (Å²) in [6, 6.07) is 8.11. The van der Waals surface area contributed by atoms with Crippen LogP contribution in [0.1, 0.15) is 29.0 Å². The van der Waals surface area contributed by atoms with Gasteiger partial charge in [0.25, 0.3) is 0 Å². The Morgan fingerprint density at radius 2 is 2.22 bits per heavy atom. The summed E-state index contributed by atoms with van der Waals surface area (Å²) in [7, 11) is 0. The predicted molar refractivity (Wildman–Crippen MR) is 74.9 cm³/mol. The summed E-state index contributed by atoms with van der Waals surface area (Å²) in [6.07, 6.45) is 4.86. The predicted octanol–water partition coefficient (Wildman–Crippen LogP) is 3.59. The number of hydrogen-bond acceptors (Lipinski definition) is 3. The van der Waals surface area contributed by atoms with Crippen molar-refractivity contribution in [3.8, 4) is 0 Å². The fraction of sp³-hybridized carbons (Fsp3) is 0.333. The van der Waals surface area contributed by atoms with Crippen molar-refractivity contribution in [2.75, 3.05) is 0 Å². The van der Waals surface area contributed by atoms with E-state index in [4.69, 9.17) is 0 Å². The Balaban J connectivity index is 1.73. The van der Waals surface area contributed by atoms with Crippen molar-refractivity contribution < 1.29 is 4.79 Å². The molecule has 0 amide bonds. The van der Waals surface area contributed by atoms with E-state index in [1.165, 1.54) is 4.88 Å². The number of rotatable bonds is 6. The lowest BCUT2D eigenvalue weighted by molar-refractivity contribution is -0.118. The minimum Gasteiger partial charge on any atom is -0.299 e. The van der Waals surface area contributed by atoms with E-state index in [1.54, 1.807) is 11.3 Å². The van der Waals surface area contributed by atoms with Crippen LogP contribution in [0.15, 0.2) is 35.8 Å². The largest absolute Gasteiger partial charge is 0.299 e. The molecule has 2 heterocycles. The third-order valence-corrected chi connectivity index (χ3v) is 3.75. The number of thiophene rings is 1. The number of Topliss-reactive ketones (excluding diaryl/α,β-unsaturated/α-hetero) is 1. The van der Waals surface area contributed by atoms with Crippen molar-refractivity contribution in [3.63, 3.8) is 0 Å². The standard InChI is InChI=1S/C15H17NOS/c1-12-7-8-13(16-11-12)10-14(17)4-2-5-15-6-3-9-18-15/h3,6-9,11H,2,4-5,10H2,1H3. The van der Waals surface area contributed by atoms with Crippen molar-refractivity contribution >= 4 is 17.1 Å². The molecule has 0 fully saturated rings. The SMILES string of the molecule is Cc1ccc(CC(=O)CCCc2cccs2)nc1. The van der Waals surface area contributed by atoms with Crippen LogP contribution in [0.3, 0.4) is 0 Å². The number of nitrogens with zero attached hydrogens (tertiary/aromatic N) is 1. The molecule has 0 aromatic carbocycles. The Morgan fingerprint density at radius 3 is 2.89 bits per heavy atom. The summed E-state index contributed by atoms with van der Waals surface area (Å²) in [5.74, 6) is 0.280. The van der Waals surface area contributed by atoms with Crippen molar-refractivity contribution in [2.45, 2.75) is 32.6 Å². The van der Waals surface area contributed by atoms with Crippen LogP contribution in [0.5, 0.6) is 0 Å². The van der Waals surface area contributed by atoms with Gasteiger partial charge >= 0.3 is 0 Å². The number of aromatic nitrogens is 1. The molecular formula is C15H17NOS. The average molecular weight is 259 g/mol. The normalized spacial score (nSPS) is 10.5. The molecule has 0 bridgehead atoms. The fourth-order valence-electron chi connectivity index (χ4n) is 1.81. The van der Waals surface area contributed by atoms with Gasteiger partial charge in [0.15, 0.2) is 0 Å². The Kier molecular flexibility index (Phi) is 4.65. The van der Waals surface area contributed by atoms with Crippen LogP contribution < -0.4 is 0 Å². The van der Waals surface area contributed by atoms with Gasteiger partial charge in [0.05, 0.1) is 0 Å². The van der Waals surface area contributed by atoms with Gasteiger partial charge in [0.2, 0.25) is 0 Å². The number of aryl methyl sites for hydroxylation is 2. The van der Waals surface area contributed by atoms with E-state index >= 15 is 0 Å². The minimum absolute atomic E-state index is 0.280. The molecule has 0 aliphatic carbocycles. The number of carbonyl (C=O) groups excluding carboxylic acids is 1. The Labute approximate surface area is 112 Å². The van der Waals surface area contributed by atoms with Gasteiger partial charge in [-0.05, 0) is 42.8 Å². The first-order valence-electron chi connectivity index (χ1n) is 6.19. The van der Waals surface area contributed by atoms with Crippen LogP contribution in [0.2, 0.25) is 0 Å². The molecule has 0 saturated carbocycles. The molecule has 0 atom stereocenters. The summed E-state index contributed by atoms with van der Waals surface area (Å²) < 4.78 is 0. The highest BCUT2D eigenvalue weighted by Crippen LogP contribution is 2.12. The van der Waals surface area contributed by atoms with E-state index in [-0.39, 0.29) is 5.78 Å². The van der Waals surface area contributed by atoms with Crippen molar-refractivity contribution in [2.24, 2.45) is 0 Å². The van der Waals surface area contributed by atoms with Gasteiger partial charge in [0, 0.05) is 29.6 Å². The number of hydrogen-bond donors (Lipinski definition) is 0. The first-order chi connectivity index (χ1) is 8.74. The van der Waals surface area contributed by atoms with Gasteiger partial charge in [-0.2, -0.15) is 0 Å². The van der Waals surface area contributed by atoms with Crippen LogP contribution in [0.4, 0.5) is 0 Å². The molecule has 0 aliphatic rings. The summed E-state index contributed by atoms with van der Waals surface area (Å²) >= 11 is 1.76. The molecule has 0 aliphatic heterocycles. The van der Waals surface area contributed by atoms with E-state index in [0.717, 1.165) is 24.1 Å². The van der Waals surface area contributed by atoms with Crippen LogP contribution >= 0.6 is 11.3 Å². The zero-order valence-electron chi connectivity index (χ0n) is 10.6. The number of pyridine rings is 1. The van der Waals surface area contributed by atoms with E-state index < -0.39 is 0 Å². The van der Waals surface area contributed by atoms with Crippen molar-refractivity contribution in [1.29, 1.82) is 0 Å². The topological polar surface area (TPSA) is 30.0 Å². The van der Waals surface area contributed by atoms with Gasteiger partial charge < -0.3 is 0 Å². The van der Waals surface area contributed by atoms with E-state index in [0.29, 0.717) is 12.8 Å². The molecule has 18 heavy (non-hydrogen) atoms. The number of carbonyl (C=O) groups is 1. The van der Waals surface area contributed by atoms with Gasteiger partial charge in [-0.3, -0.25) is 9.78 Å². The highest BCUT2D eigenvalue weighted by atomic mass is 32.1. The summed E-state index contributed by atoms with van der Waals surface area (Å²) in [4.78, 5) is 17.4. The molecule has 0 radical (unpaired) electrons. The first-order valence-corrected chi connectivity index (χ1v) is 7.07. The van der Waals surface area contributed by atoms with Gasteiger partial charge in [0.1, 0.15) is 5.78 Å². The van der Waals surface area contributed by atoms with Crippen LogP contribution in [0.25, 0.3) is 0 Å². The third-order valence-electron chi connectivity index (χ3n) is 2.81. The Bertz CT molecular complexity index is 488.